The van der Waals surface area contributed by atoms with Crippen molar-refractivity contribution in [3.05, 3.63) is 30.3 Å². The van der Waals surface area contributed by atoms with E-state index in [4.69, 9.17) is 4.52 Å². The number of benzene rings is 1. The fourth-order valence-corrected chi connectivity index (χ4v) is 6.81. The quantitative estimate of drug-likeness (QED) is 0.145. The number of unbranched alkanes of at least 4 members (excludes halogenated alkanes) is 15. The zero-order chi connectivity index (χ0) is 22.7. The fourth-order valence-electron chi connectivity index (χ4n) is 4.20. The van der Waals surface area contributed by atoms with Crippen LogP contribution in [0.4, 0.5) is 0 Å². The van der Waals surface area contributed by atoms with Gasteiger partial charge in [0.1, 0.15) is 0 Å². The molecule has 0 saturated heterocycles. The van der Waals surface area contributed by atoms with E-state index in [9.17, 15) is 9.79 Å². The minimum absolute atomic E-state index is 0.348. The maximum atomic E-state index is 11.4. The fraction of sp³-hybridized carbons (Fsp3) is 0.778. The van der Waals surface area contributed by atoms with Gasteiger partial charge in [0.2, 0.25) is 0 Å². The van der Waals surface area contributed by atoms with E-state index in [-0.39, 0.29) is 0 Å². The molecule has 0 radical (unpaired) electrons. The molecule has 0 aliphatic carbocycles. The summed E-state index contributed by atoms with van der Waals surface area (Å²) >= 11 is 0. The predicted molar refractivity (Wildman–Crippen MR) is 138 cm³/mol. The van der Waals surface area contributed by atoms with Crippen molar-refractivity contribution in [3.8, 4) is 0 Å². The molecule has 4 heteroatoms. The van der Waals surface area contributed by atoms with Crippen LogP contribution in [0.15, 0.2) is 30.3 Å². The Balaban J connectivity index is 2.34. The van der Waals surface area contributed by atoms with E-state index >= 15 is 0 Å². The van der Waals surface area contributed by atoms with Gasteiger partial charge in [0.25, 0.3) is 0 Å². The van der Waals surface area contributed by atoms with Crippen LogP contribution in [0, 0.1) is 0 Å². The number of hydrogen-bond acceptors (Lipinski definition) is 3. The molecule has 1 aromatic carbocycles. The van der Waals surface area contributed by atoms with Crippen LogP contribution in [-0.2, 0) is 4.52 Å². The summed E-state index contributed by atoms with van der Waals surface area (Å²) in [7, 11) is -4.28. The van der Waals surface area contributed by atoms with E-state index in [1.54, 1.807) is 0 Å². The van der Waals surface area contributed by atoms with Gasteiger partial charge in [-0.15, -0.1) is 0 Å². The van der Waals surface area contributed by atoms with Crippen molar-refractivity contribution in [1.29, 1.82) is 0 Å². The van der Waals surface area contributed by atoms with E-state index < -0.39 is 7.28 Å². The molecule has 0 aliphatic heterocycles. The van der Waals surface area contributed by atoms with Crippen LogP contribution >= 0.6 is 7.28 Å². The summed E-state index contributed by atoms with van der Waals surface area (Å²) in [6.07, 6.45) is 21.0. The maximum absolute atomic E-state index is 11.4. The molecule has 0 bridgehead atoms. The second kappa shape index (κ2) is 17.1. The summed E-state index contributed by atoms with van der Waals surface area (Å²) < 4.78 is 5.96. The molecule has 0 aliphatic rings. The van der Waals surface area contributed by atoms with Gasteiger partial charge in [-0.3, -0.25) is 0 Å². The zero-order valence-corrected chi connectivity index (χ0v) is 21.5. The van der Waals surface area contributed by atoms with Crippen LogP contribution in [0.1, 0.15) is 123 Å². The van der Waals surface area contributed by atoms with Crippen LogP contribution in [0.3, 0.4) is 0 Å². The first-order valence-corrected chi connectivity index (χ1v) is 15.5. The van der Waals surface area contributed by atoms with Gasteiger partial charge in [0.05, 0.1) is 0 Å². The SMILES string of the molecule is CCCCCCCCCCCCOP(O)(O)(CCCCCCCCC)c1ccccc1. The summed E-state index contributed by atoms with van der Waals surface area (Å²) in [5.74, 6) is 0. The van der Waals surface area contributed by atoms with E-state index in [1.807, 2.05) is 30.3 Å². The third-order valence-electron chi connectivity index (χ3n) is 6.30. The molecule has 31 heavy (non-hydrogen) atoms. The number of rotatable bonds is 21. The Morgan fingerprint density at radius 1 is 0.581 bits per heavy atom. The standard InChI is InChI=1S/C27H51O3P/c1-3-5-7-9-11-12-13-14-16-21-25-30-31(28,29,27-23-19-18-20-24-27)26-22-17-15-10-8-6-4-2/h18-20,23-24,28-29H,3-17,21-22,25-26H2,1-2H3. The van der Waals surface area contributed by atoms with Gasteiger partial charge in [-0.2, -0.15) is 0 Å². The van der Waals surface area contributed by atoms with Crippen molar-refractivity contribution >= 4 is 12.6 Å². The van der Waals surface area contributed by atoms with Crippen molar-refractivity contribution < 1.29 is 14.3 Å². The van der Waals surface area contributed by atoms with E-state index in [2.05, 4.69) is 13.8 Å². The van der Waals surface area contributed by atoms with Crippen LogP contribution in [-0.4, -0.2) is 22.6 Å². The van der Waals surface area contributed by atoms with Crippen molar-refractivity contribution in [2.45, 2.75) is 123 Å². The summed E-state index contributed by atoms with van der Waals surface area (Å²) in [6.45, 7) is 4.92. The molecule has 0 unspecified atom stereocenters. The first kappa shape index (κ1) is 28.6. The van der Waals surface area contributed by atoms with Gasteiger partial charge >= 0.3 is 186 Å². The topological polar surface area (TPSA) is 49.7 Å². The van der Waals surface area contributed by atoms with Crippen LogP contribution in [0.2, 0.25) is 0 Å². The summed E-state index contributed by atoms with van der Waals surface area (Å²) in [5, 5.41) is 0.576. The Kier molecular flexibility index (Phi) is 15.7. The third kappa shape index (κ3) is 13.0. The molecule has 0 amide bonds. The Morgan fingerprint density at radius 2 is 1.00 bits per heavy atom. The van der Waals surface area contributed by atoms with Crippen molar-refractivity contribution in [2.75, 3.05) is 12.8 Å². The Bertz CT molecular complexity index is 533. The van der Waals surface area contributed by atoms with Gasteiger partial charge in [-0.25, -0.2) is 0 Å². The van der Waals surface area contributed by atoms with Crippen molar-refractivity contribution in [1.82, 2.24) is 0 Å². The second-order valence-electron chi connectivity index (χ2n) is 9.31. The van der Waals surface area contributed by atoms with E-state index in [0.29, 0.717) is 18.1 Å². The van der Waals surface area contributed by atoms with Crippen molar-refractivity contribution in [3.63, 3.8) is 0 Å². The average Bonchev–Trinajstić information content (AvgIpc) is 2.78. The molecule has 2 N–H and O–H groups in total. The van der Waals surface area contributed by atoms with E-state index in [1.165, 1.54) is 83.5 Å². The summed E-state index contributed by atoms with van der Waals surface area (Å²) in [6, 6.07) is 9.29. The molecule has 0 saturated carbocycles. The minimum atomic E-state index is -4.28. The first-order valence-electron chi connectivity index (χ1n) is 13.2. The Hall–Kier alpha value is -0.470. The monoisotopic (exact) mass is 454 g/mol. The third-order valence-corrected chi connectivity index (χ3v) is 9.48. The van der Waals surface area contributed by atoms with Gasteiger partial charge in [0, 0.05) is 0 Å². The molecule has 0 fully saturated rings. The van der Waals surface area contributed by atoms with Crippen LogP contribution in [0.25, 0.3) is 0 Å². The zero-order valence-electron chi connectivity index (χ0n) is 20.6. The van der Waals surface area contributed by atoms with Gasteiger partial charge in [-0.05, 0) is 0 Å². The normalized spacial score (nSPS) is 13.2. The molecule has 1 aromatic rings. The van der Waals surface area contributed by atoms with Gasteiger partial charge < -0.3 is 0 Å². The average molecular weight is 455 g/mol. The molecule has 3 nitrogen and oxygen atoms in total. The Labute approximate surface area is 193 Å². The summed E-state index contributed by atoms with van der Waals surface area (Å²) in [5.41, 5.74) is 0. The first-order chi connectivity index (χ1) is 15.0. The molecule has 1 rings (SSSR count). The summed E-state index contributed by atoms with van der Waals surface area (Å²) in [4.78, 5) is 22.8. The molecular weight excluding hydrogens is 403 g/mol. The Morgan fingerprint density at radius 3 is 1.48 bits per heavy atom. The molecular formula is C27H51O3P. The second-order valence-corrected chi connectivity index (χ2v) is 12.8. The molecule has 0 atom stereocenters. The predicted octanol–water partition coefficient (Wildman–Crippen LogP) is 8.28. The molecule has 0 aromatic heterocycles. The van der Waals surface area contributed by atoms with Gasteiger partial charge in [0.15, 0.2) is 0 Å². The molecule has 0 heterocycles. The van der Waals surface area contributed by atoms with Gasteiger partial charge in [-0.1, -0.05) is 6.92 Å². The van der Waals surface area contributed by atoms with Crippen LogP contribution in [0.5, 0.6) is 0 Å². The van der Waals surface area contributed by atoms with Crippen molar-refractivity contribution in [2.24, 2.45) is 0 Å². The molecule has 182 valence electrons. The van der Waals surface area contributed by atoms with E-state index in [0.717, 1.165) is 25.7 Å². The number of hydrogen-bond donors (Lipinski definition) is 2. The van der Waals surface area contributed by atoms with Crippen LogP contribution < -0.4 is 5.30 Å². The molecule has 0 spiro atoms.